The van der Waals surface area contributed by atoms with Crippen molar-refractivity contribution >= 4 is 11.7 Å². The van der Waals surface area contributed by atoms with Crippen LogP contribution in [0.25, 0.3) is 0 Å². The predicted octanol–water partition coefficient (Wildman–Crippen LogP) is 1.20. The van der Waals surface area contributed by atoms with Crippen LogP contribution in [-0.2, 0) is 4.79 Å². The first-order valence-corrected chi connectivity index (χ1v) is 6.12. The Bertz CT molecular complexity index is 402. The van der Waals surface area contributed by atoms with Crippen LogP contribution in [0.1, 0.15) is 32.7 Å². The summed E-state index contributed by atoms with van der Waals surface area (Å²) in [6.45, 7) is 4.84. The van der Waals surface area contributed by atoms with Crippen molar-refractivity contribution in [1.82, 2.24) is 9.78 Å². The predicted molar refractivity (Wildman–Crippen MR) is 64.8 cm³/mol. The number of carbonyl (C=O) groups is 1. The Morgan fingerprint density at radius 3 is 3.00 bits per heavy atom. The van der Waals surface area contributed by atoms with Crippen LogP contribution in [0, 0.1) is 5.92 Å². The van der Waals surface area contributed by atoms with E-state index in [-0.39, 0.29) is 24.5 Å². The molecule has 1 fully saturated rings. The average Bonchev–Trinajstić information content (AvgIpc) is 2.93. The third-order valence-electron chi connectivity index (χ3n) is 3.40. The number of aliphatic hydroxyl groups is 1. The fourth-order valence-electron chi connectivity index (χ4n) is 2.16. The zero-order chi connectivity index (χ0) is 12.4. The zero-order valence-corrected chi connectivity index (χ0v) is 10.3. The molecular weight excluding hydrogens is 218 g/mol. The highest BCUT2D eigenvalue weighted by molar-refractivity contribution is 5.94. The Labute approximate surface area is 101 Å². The normalized spacial score (nSPS) is 22.2. The van der Waals surface area contributed by atoms with Crippen molar-refractivity contribution in [3.63, 3.8) is 0 Å². The Hall–Kier alpha value is -1.36. The second-order valence-electron chi connectivity index (χ2n) is 4.65. The number of aliphatic hydroxyl groups excluding tert-OH is 1. The number of carbonyl (C=O) groups excluding carboxylic acids is 1. The van der Waals surface area contributed by atoms with Crippen LogP contribution in [0.2, 0.25) is 0 Å². The largest absolute Gasteiger partial charge is 0.396 e. The lowest BCUT2D eigenvalue weighted by atomic mass is 10.1. The van der Waals surface area contributed by atoms with Gasteiger partial charge in [0.2, 0.25) is 5.91 Å². The molecule has 1 aliphatic rings. The van der Waals surface area contributed by atoms with E-state index in [1.54, 1.807) is 11.1 Å². The molecule has 0 aliphatic carbocycles. The van der Waals surface area contributed by atoms with Gasteiger partial charge in [-0.2, -0.15) is 5.10 Å². The first-order valence-electron chi connectivity index (χ1n) is 6.12. The lowest BCUT2D eigenvalue weighted by Crippen LogP contribution is -2.28. The molecule has 0 bridgehead atoms. The van der Waals surface area contributed by atoms with E-state index in [0.717, 1.165) is 12.2 Å². The first kappa shape index (κ1) is 12.1. The molecule has 5 heteroatoms. The van der Waals surface area contributed by atoms with E-state index in [0.29, 0.717) is 13.0 Å². The molecule has 5 nitrogen and oxygen atoms in total. The monoisotopic (exact) mass is 237 g/mol. The number of amides is 1. The fourth-order valence-corrected chi connectivity index (χ4v) is 2.16. The molecule has 1 N–H and O–H groups in total. The molecule has 94 valence electrons. The Morgan fingerprint density at radius 1 is 1.65 bits per heavy atom. The molecule has 2 unspecified atom stereocenters. The molecule has 1 aliphatic heterocycles. The van der Waals surface area contributed by atoms with E-state index in [9.17, 15) is 4.79 Å². The molecule has 0 aromatic carbocycles. The maximum atomic E-state index is 11.9. The summed E-state index contributed by atoms with van der Waals surface area (Å²) in [6, 6.07) is 2.14. The lowest BCUT2D eigenvalue weighted by molar-refractivity contribution is -0.117. The Balaban J connectivity index is 2.23. The molecule has 1 aromatic rings. The summed E-state index contributed by atoms with van der Waals surface area (Å²) in [5.74, 6) is 0.984. The molecule has 2 heterocycles. The van der Waals surface area contributed by atoms with Gasteiger partial charge in [-0.05, 0) is 13.3 Å². The number of anilines is 1. The van der Waals surface area contributed by atoms with Crippen molar-refractivity contribution in [3.8, 4) is 0 Å². The summed E-state index contributed by atoms with van der Waals surface area (Å²) in [6.07, 6.45) is 3.13. The number of hydrogen-bond acceptors (Lipinski definition) is 3. The summed E-state index contributed by atoms with van der Waals surface area (Å²) in [5.41, 5.74) is 0. The first-order chi connectivity index (χ1) is 8.17. The highest BCUT2D eigenvalue weighted by Gasteiger charge is 2.32. The summed E-state index contributed by atoms with van der Waals surface area (Å²) < 4.78 is 1.89. The van der Waals surface area contributed by atoms with Crippen molar-refractivity contribution in [2.24, 2.45) is 5.92 Å². The minimum Gasteiger partial charge on any atom is -0.396 e. The number of hydrogen-bond donors (Lipinski definition) is 1. The van der Waals surface area contributed by atoms with Crippen molar-refractivity contribution < 1.29 is 9.90 Å². The SMILES string of the molecule is CCC(C)n1nccc1N1CC(CO)CC1=O. The summed E-state index contributed by atoms with van der Waals surface area (Å²) in [7, 11) is 0. The number of aromatic nitrogens is 2. The van der Waals surface area contributed by atoms with Gasteiger partial charge in [0, 0.05) is 31.6 Å². The second kappa shape index (κ2) is 4.87. The molecule has 0 spiro atoms. The van der Waals surface area contributed by atoms with Gasteiger partial charge < -0.3 is 5.11 Å². The highest BCUT2D eigenvalue weighted by Crippen LogP contribution is 2.27. The third kappa shape index (κ3) is 2.20. The smallest absolute Gasteiger partial charge is 0.228 e. The maximum Gasteiger partial charge on any atom is 0.228 e. The van der Waals surface area contributed by atoms with Crippen molar-refractivity contribution in [2.45, 2.75) is 32.7 Å². The number of rotatable bonds is 4. The van der Waals surface area contributed by atoms with E-state index in [1.165, 1.54) is 0 Å². The molecule has 0 radical (unpaired) electrons. The topological polar surface area (TPSA) is 58.4 Å². The van der Waals surface area contributed by atoms with Crippen LogP contribution in [0.5, 0.6) is 0 Å². The van der Waals surface area contributed by atoms with Crippen molar-refractivity contribution in [3.05, 3.63) is 12.3 Å². The van der Waals surface area contributed by atoms with Gasteiger partial charge in [0.15, 0.2) is 0 Å². The fraction of sp³-hybridized carbons (Fsp3) is 0.667. The second-order valence-corrected chi connectivity index (χ2v) is 4.65. The third-order valence-corrected chi connectivity index (χ3v) is 3.40. The molecule has 0 saturated carbocycles. The van der Waals surface area contributed by atoms with Gasteiger partial charge in [-0.1, -0.05) is 6.92 Å². The average molecular weight is 237 g/mol. The maximum absolute atomic E-state index is 11.9. The van der Waals surface area contributed by atoms with Crippen molar-refractivity contribution in [2.75, 3.05) is 18.1 Å². The quantitative estimate of drug-likeness (QED) is 0.856. The van der Waals surface area contributed by atoms with E-state index >= 15 is 0 Å². The molecule has 1 amide bonds. The molecule has 2 rings (SSSR count). The molecular formula is C12H19N3O2. The number of nitrogens with zero attached hydrogens (tertiary/aromatic N) is 3. The Kier molecular flexibility index (Phi) is 3.47. The zero-order valence-electron chi connectivity index (χ0n) is 10.3. The van der Waals surface area contributed by atoms with E-state index in [1.807, 2.05) is 10.7 Å². The minimum atomic E-state index is 0.0581. The van der Waals surface area contributed by atoms with Crippen LogP contribution in [-0.4, -0.2) is 33.9 Å². The van der Waals surface area contributed by atoms with Gasteiger partial charge in [0.1, 0.15) is 5.82 Å². The van der Waals surface area contributed by atoms with Gasteiger partial charge in [0.05, 0.1) is 12.2 Å². The highest BCUT2D eigenvalue weighted by atomic mass is 16.3. The van der Waals surface area contributed by atoms with Gasteiger partial charge >= 0.3 is 0 Å². The molecule has 2 atom stereocenters. The molecule has 17 heavy (non-hydrogen) atoms. The van der Waals surface area contributed by atoms with Gasteiger partial charge in [-0.25, -0.2) is 4.68 Å². The van der Waals surface area contributed by atoms with Crippen LogP contribution in [0.4, 0.5) is 5.82 Å². The Morgan fingerprint density at radius 2 is 2.41 bits per heavy atom. The van der Waals surface area contributed by atoms with E-state index < -0.39 is 0 Å². The van der Waals surface area contributed by atoms with Crippen molar-refractivity contribution in [1.29, 1.82) is 0 Å². The van der Waals surface area contributed by atoms with Gasteiger partial charge in [-0.3, -0.25) is 9.69 Å². The van der Waals surface area contributed by atoms with E-state index in [2.05, 4.69) is 18.9 Å². The summed E-state index contributed by atoms with van der Waals surface area (Å²) in [4.78, 5) is 13.6. The minimum absolute atomic E-state index is 0.0581. The van der Waals surface area contributed by atoms with E-state index in [4.69, 9.17) is 5.11 Å². The van der Waals surface area contributed by atoms with Crippen LogP contribution >= 0.6 is 0 Å². The summed E-state index contributed by atoms with van der Waals surface area (Å²) in [5, 5.41) is 13.4. The van der Waals surface area contributed by atoms with Crippen LogP contribution in [0.15, 0.2) is 12.3 Å². The van der Waals surface area contributed by atoms with Gasteiger partial charge in [-0.15, -0.1) is 0 Å². The lowest BCUT2D eigenvalue weighted by Gasteiger charge is -2.21. The van der Waals surface area contributed by atoms with Crippen LogP contribution < -0.4 is 4.90 Å². The molecule has 1 saturated heterocycles. The van der Waals surface area contributed by atoms with Gasteiger partial charge in [0.25, 0.3) is 0 Å². The molecule has 1 aromatic heterocycles. The van der Waals surface area contributed by atoms with Crippen LogP contribution in [0.3, 0.4) is 0 Å². The summed E-state index contributed by atoms with van der Waals surface area (Å²) >= 11 is 0. The standard InChI is InChI=1S/C12H19N3O2/c1-3-9(2)15-11(4-5-13-15)14-7-10(8-16)6-12(14)17/h4-5,9-10,16H,3,6-8H2,1-2H3.